The second-order valence-electron chi connectivity index (χ2n) is 4.19. The Kier molecular flexibility index (Phi) is 3.98. The summed E-state index contributed by atoms with van der Waals surface area (Å²) in [5.74, 6) is 0.219. The van der Waals surface area contributed by atoms with Crippen molar-refractivity contribution in [3.8, 4) is 11.5 Å². The first-order valence-corrected chi connectivity index (χ1v) is 5.88. The van der Waals surface area contributed by atoms with E-state index in [0.717, 1.165) is 5.56 Å². The average Bonchev–Trinajstić information content (AvgIpc) is 2.46. The van der Waals surface area contributed by atoms with Gasteiger partial charge in [-0.25, -0.2) is 0 Å². The number of nitro benzene ring substituents is 1. The van der Waals surface area contributed by atoms with E-state index < -0.39 is 4.92 Å². The van der Waals surface area contributed by atoms with E-state index in [9.17, 15) is 10.1 Å². The van der Waals surface area contributed by atoms with Gasteiger partial charge >= 0.3 is 5.69 Å². The van der Waals surface area contributed by atoms with Gasteiger partial charge in [-0.05, 0) is 24.6 Å². The van der Waals surface area contributed by atoms with Crippen molar-refractivity contribution in [3.63, 3.8) is 0 Å². The van der Waals surface area contributed by atoms with Crippen molar-refractivity contribution in [2.75, 3.05) is 0 Å². The third-order valence-electron chi connectivity index (χ3n) is 2.64. The highest BCUT2D eigenvalue weighted by molar-refractivity contribution is 5.95. The maximum absolute atomic E-state index is 11.0. The minimum atomic E-state index is -0.527. The monoisotopic (exact) mass is 288 g/mol. The zero-order valence-electron chi connectivity index (χ0n) is 11.1. The molecule has 0 fully saturated rings. The lowest BCUT2D eigenvalue weighted by Gasteiger charge is -2.08. The molecule has 0 aliphatic rings. The van der Waals surface area contributed by atoms with Crippen molar-refractivity contribution in [1.82, 2.24) is 4.98 Å². The van der Waals surface area contributed by atoms with Crippen LogP contribution in [-0.2, 0) is 0 Å². The maximum Gasteiger partial charge on any atom is 0.311 e. The van der Waals surface area contributed by atoms with Gasteiger partial charge < -0.3 is 15.7 Å². The van der Waals surface area contributed by atoms with Crippen LogP contribution in [-0.4, -0.2) is 21.0 Å². The van der Waals surface area contributed by atoms with Crippen molar-refractivity contribution in [2.45, 2.75) is 6.92 Å². The highest BCUT2D eigenvalue weighted by Crippen LogP contribution is 2.32. The van der Waals surface area contributed by atoms with Gasteiger partial charge in [0, 0.05) is 18.3 Å². The van der Waals surface area contributed by atoms with Gasteiger partial charge in [0.25, 0.3) is 0 Å². The van der Waals surface area contributed by atoms with Crippen LogP contribution >= 0.6 is 0 Å². The summed E-state index contributed by atoms with van der Waals surface area (Å²) < 4.78 is 5.51. The van der Waals surface area contributed by atoms with Gasteiger partial charge in [-0.3, -0.25) is 15.1 Å². The van der Waals surface area contributed by atoms with Crippen molar-refractivity contribution >= 4 is 11.5 Å². The molecular formula is C13H12N4O4. The molecule has 0 aliphatic carbocycles. The topological polar surface area (TPSA) is 124 Å². The Bertz CT molecular complexity index is 715. The van der Waals surface area contributed by atoms with Crippen molar-refractivity contribution in [1.29, 1.82) is 0 Å². The summed E-state index contributed by atoms with van der Waals surface area (Å²) in [4.78, 5) is 14.4. The van der Waals surface area contributed by atoms with Crippen molar-refractivity contribution in [3.05, 3.63) is 57.9 Å². The minimum Gasteiger partial charge on any atom is -0.450 e. The first kappa shape index (κ1) is 14.3. The third-order valence-corrected chi connectivity index (χ3v) is 2.64. The molecule has 0 bridgehead atoms. The molecule has 0 saturated heterocycles. The maximum atomic E-state index is 11.0. The van der Waals surface area contributed by atoms with E-state index in [2.05, 4.69) is 10.1 Å². The molecule has 0 saturated carbocycles. The second kappa shape index (κ2) is 5.87. The molecule has 1 aromatic heterocycles. The fourth-order valence-electron chi connectivity index (χ4n) is 1.65. The number of nitro groups is 1. The molecule has 8 heteroatoms. The number of oxime groups is 1. The van der Waals surface area contributed by atoms with Gasteiger partial charge in [0.2, 0.25) is 5.75 Å². The molecular weight excluding hydrogens is 276 g/mol. The molecule has 0 unspecified atom stereocenters. The van der Waals surface area contributed by atoms with Crippen LogP contribution in [0.2, 0.25) is 0 Å². The molecule has 0 spiro atoms. The number of nitrogens with two attached hydrogens (primary N) is 1. The first-order valence-electron chi connectivity index (χ1n) is 5.88. The van der Waals surface area contributed by atoms with E-state index in [-0.39, 0.29) is 23.0 Å². The standard InChI is InChI=1S/C13H12N4O4/c1-8-2-3-11(17(19)20)12(6-8)21-9-4-5-15-10(7-9)13(14)16-18/h2-7,18H,1H3,(H2,14,16). The Balaban J connectivity index is 2.38. The average molecular weight is 288 g/mol. The summed E-state index contributed by atoms with van der Waals surface area (Å²) in [5, 5.41) is 22.4. The van der Waals surface area contributed by atoms with E-state index in [0.29, 0.717) is 5.75 Å². The van der Waals surface area contributed by atoms with Crippen LogP contribution < -0.4 is 10.5 Å². The van der Waals surface area contributed by atoms with E-state index in [1.54, 1.807) is 19.1 Å². The molecule has 2 rings (SSSR count). The van der Waals surface area contributed by atoms with E-state index in [4.69, 9.17) is 15.7 Å². The molecule has 0 aliphatic heterocycles. The molecule has 2 aromatic rings. The lowest BCUT2D eigenvalue weighted by Crippen LogP contribution is -2.14. The summed E-state index contributed by atoms with van der Waals surface area (Å²) >= 11 is 0. The first-order chi connectivity index (χ1) is 10.0. The molecule has 108 valence electrons. The Labute approximate surface area is 119 Å². The number of hydrogen-bond donors (Lipinski definition) is 2. The molecule has 8 nitrogen and oxygen atoms in total. The highest BCUT2D eigenvalue weighted by atomic mass is 16.6. The number of nitrogens with zero attached hydrogens (tertiary/aromatic N) is 3. The largest absolute Gasteiger partial charge is 0.450 e. The fraction of sp³-hybridized carbons (Fsp3) is 0.0769. The van der Waals surface area contributed by atoms with Crippen LogP contribution in [0.5, 0.6) is 11.5 Å². The number of rotatable bonds is 4. The summed E-state index contributed by atoms with van der Waals surface area (Å²) in [6, 6.07) is 7.48. The van der Waals surface area contributed by atoms with Crippen LogP contribution in [0.1, 0.15) is 11.3 Å². The van der Waals surface area contributed by atoms with Gasteiger partial charge in [-0.15, -0.1) is 0 Å². The van der Waals surface area contributed by atoms with Crippen LogP contribution in [0.4, 0.5) is 5.69 Å². The second-order valence-corrected chi connectivity index (χ2v) is 4.19. The van der Waals surface area contributed by atoms with Gasteiger partial charge in [-0.2, -0.15) is 0 Å². The minimum absolute atomic E-state index is 0.108. The van der Waals surface area contributed by atoms with Crippen molar-refractivity contribution in [2.24, 2.45) is 10.9 Å². The van der Waals surface area contributed by atoms with Crippen LogP contribution in [0.25, 0.3) is 0 Å². The zero-order valence-corrected chi connectivity index (χ0v) is 11.1. The summed E-state index contributed by atoms with van der Waals surface area (Å²) in [6.07, 6.45) is 1.39. The molecule has 1 heterocycles. The molecule has 0 amide bonds. The normalized spacial score (nSPS) is 11.2. The number of aromatic nitrogens is 1. The smallest absolute Gasteiger partial charge is 0.311 e. The van der Waals surface area contributed by atoms with Gasteiger partial charge in [0.05, 0.1) is 4.92 Å². The number of pyridine rings is 1. The van der Waals surface area contributed by atoms with Crippen molar-refractivity contribution < 1.29 is 14.9 Å². The molecule has 21 heavy (non-hydrogen) atoms. The summed E-state index contributed by atoms with van der Waals surface area (Å²) in [7, 11) is 0. The van der Waals surface area contributed by atoms with Crippen LogP contribution in [0, 0.1) is 17.0 Å². The molecule has 0 atom stereocenters. The third kappa shape index (κ3) is 3.24. The van der Waals surface area contributed by atoms with Gasteiger partial charge in [0.1, 0.15) is 11.4 Å². The Morgan fingerprint density at radius 3 is 2.86 bits per heavy atom. The number of benzene rings is 1. The predicted molar refractivity (Wildman–Crippen MR) is 74.7 cm³/mol. The number of hydrogen-bond acceptors (Lipinski definition) is 6. The summed E-state index contributed by atoms with van der Waals surface area (Å²) in [6.45, 7) is 1.80. The fourth-order valence-corrected chi connectivity index (χ4v) is 1.65. The highest BCUT2D eigenvalue weighted by Gasteiger charge is 2.16. The quantitative estimate of drug-likeness (QED) is 0.292. The van der Waals surface area contributed by atoms with E-state index in [1.165, 1.54) is 24.4 Å². The number of ether oxygens (including phenoxy) is 1. The lowest BCUT2D eigenvalue weighted by molar-refractivity contribution is -0.385. The Hall–Kier alpha value is -3.16. The lowest BCUT2D eigenvalue weighted by atomic mass is 10.2. The van der Waals surface area contributed by atoms with Gasteiger partial charge in [-0.1, -0.05) is 11.2 Å². The van der Waals surface area contributed by atoms with E-state index in [1.807, 2.05) is 0 Å². The Morgan fingerprint density at radius 1 is 1.43 bits per heavy atom. The zero-order chi connectivity index (χ0) is 15.4. The van der Waals surface area contributed by atoms with Crippen LogP contribution in [0.15, 0.2) is 41.7 Å². The molecule has 3 N–H and O–H groups in total. The van der Waals surface area contributed by atoms with Crippen LogP contribution in [0.3, 0.4) is 0 Å². The predicted octanol–water partition coefficient (Wildman–Crippen LogP) is 2.19. The number of amidine groups is 1. The van der Waals surface area contributed by atoms with E-state index >= 15 is 0 Å². The molecule has 0 radical (unpaired) electrons. The Morgan fingerprint density at radius 2 is 2.19 bits per heavy atom. The SMILES string of the molecule is Cc1ccc([N+](=O)[O-])c(Oc2ccnc(C(N)=NO)c2)c1. The summed E-state index contributed by atoms with van der Waals surface area (Å²) in [5.41, 5.74) is 6.30. The molecule has 1 aromatic carbocycles. The number of aryl methyl sites for hydroxylation is 1. The van der Waals surface area contributed by atoms with Gasteiger partial charge in [0.15, 0.2) is 5.84 Å².